The highest BCUT2D eigenvalue weighted by atomic mass is 32.2. The van der Waals surface area contributed by atoms with Crippen LogP contribution >= 0.6 is 0 Å². The van der Waals surface area contributed by atoms with Gasteiger partial charge in [-0.25, -0.2) is 8.42 Å². The third-order valence-corrected chi connectivity index (χ3v) is 5.40. The zero-order chi connectivity index (χ0) is 19.3. The third-order valence-electron chi connectivity index (χ3n) is 4.04. The van der Waals surface area contributed by atoms with Gasteiger partial charge in [-0.3, -0.25) is 9.52 Å². The van der Waals surface area contributed by atoms with Crippen molar-refractivity contribution in [2.45, 2.75) is 4.90 Å². The zero-order valence-corrected chi connectivity index (χ0v) is 15.6. The first-order chi connectivity index (χ1) is 13.0. The predicted octanol–water partition coefficient (Wildman–Crippen LogP) is 3.02. The molecule has 7 heteroatoms. The smallest absolute Gasteiger partial charge is 0.261 e. The molecule has 3 aromatic carbocycles. The van der Waals surface area contributed by atoms with Gasteiger partial charge in [0.2, 0.25) is 0 Å². The van der Waals surface area contributed by atoms with Gasteiger partial charge in [0.1, 0.15) is 0 Å². The van der Waals surface area contributed by atoms with Crippen molar-refractivity contribution in [3.8, 4) is 0 Å². The molecular weight excluding hydrogens is 364 g/mol. The van der Waals surface area contributed by atoms with Gasteiger partial charge in [-0.15, -0.1) is 0 Å². The number of carbonyl (C=O) groups excluding carboxylic acids is 1. The number of sulfonamides is 1. The summed E-state index contributed by atoms with van der Waals surface area (Å²) in [4.78, 5) is 12.5. The van der Waals surface area contributed by atoms with Crippen LogP contribution in [0.1, 0.15) is 10.4 Å². The Bertz CT molecular complexity index is 1060. The molecule has 0 saturated heterocycles. The summed E-state index contributed by atoms with van der Waals surface area (Å²) in [5.74, 6) is -0.371. The standard InChI is InChI=1S/C20H20N2O4S/c1-26-13-12-21-20(23)18-8-4-5-9-19(18)22-27(24,25)17-11-10-15-6-2-3-7-16(15)14-17/h2-11,14,22H,12-13H2,1H3,(H,21,23). The number of benzene rings is 3. The van der Waals surface area contributed by atoms with Crippen molar-refractivity contribution in [1.29, 1.82) is 0 Å². The molecule has 0 radical (unpaired) electrons. The monoisotopic (exact) mass is 384 g/mol. The maximum Gasteiger partial charge on any atom is 0.261 e. The van der Waals surface area contributed by atoms with E-state index < -0.39 is 10.0 Å². The summed E-state index contributed by atoms with van der Waals surface area (Å²) in [6.07, 6.45) is 0. The molecule has 27 heavy (non-hydrogen) atoms. The molecule has 0 fully saturated rings. The Morgan fingerprint density at radius 3 is 2.44 bits per heavy atom. The van der Waals surface area contributed by atoms with E-state index >= 15 is 0 Å². The van der Waals surface area contributed by atoms with Gasteiger partial charge in [0.25, 0.3) is 15.9 Å². The number of ether oxygens (including phenoxy) is 1. The van der Waals surface area contributed by atoms with Gasteiger partial charge >= 0.3 is 0 Å². The van der Waals surface area contributed by atoms with Crippen LogP contribution in [0.3, 0.4) is 0 Å². The maximum absolute atomic E-state index is 12.8. The van der Waals surface area contributed by atoms with E-state index in [0.717, 1.165) is 10.8 Å². The third kappa shape index (κ3) is 4.45. The van der Waals surface area contributed by atoms with E-state index in [0.29, 0.717) is 13.2 Å². The topological polar surface area (TPSA) is 84.5 Å². The second kappa shape index (κ2) is 8.20. The lowest BCUT2D eigenvalue weighted by atomic mass is 10.1. The summed E-state index contributed by atoms with van der Waals surface area (Å²) in [6, 6.07) is 18.9. The van der Waals surface area contributed by atoms with Crippen LogP contribution in [0.5, 0.6) is 0 Å². The first-order valence-electron chi connectivity index (χ1n) is 8.39. The summed E-state index contributed by atoms with van der Waals surface area (Å²) in [5, 5.41) is 4.47. The summed E-state index contributed by atoms with van der Waals surface area (Å²) in [5.41, 5.74) is 0.471. The Morgan fingerprint density at radius 2 is 1.67 bits per heavy atom. The minimum absolute atomic E-state index is 0.135. The number of hydrogen-bond donors (Lipinski definition) is 2. The van der Waals surface area contributed by atoms with E-state index in [9.17, 15) is 13.2 Å². The highest BCUT2D eigenvalue weighted by molar-refractivity contribution is 7.92. The fourth-order valence-electron chi connectivity index (χ4n) is 2.67. The quantitative estimate of drug-likeness (QED) is 0.613. The van der Waals surface area contributed by atoms with Crippen LogP contribution in [0.15, 0.2) is 71.6 Å². The molecule has 140 valence electrons. The summed E-state index contributed by atoms with van der Waals surface area (Å²) < 4.78 is 33.1. The molecule has 0 atom stereocenters. The number of carbonyl (C=O) groups is 1. The Kier molecular flexibility index (Phi) is 5.73. The van der Waals surface area contributed by atoms with Crippen molar-refractivity contribution in [1.82, 2.24) is 5.32 Å². The molecule has 3 rings (SSSR count). The number of fused-ring (bicyclic) bond motifs is 1. The van der Waals surface area contributed by atoms with Crippen molar-refractivity contribution in [2.75, 3.05) is 25.0 Å². The number of rotatable bonds is 7. The molecule has 0 saturated carbocycles. The summed E-state index contributed by atoms with van der Waals surface area (Å²) in [7, 11) is -2.30. The van der Waals surface area contributed by atoms with Crippen LogP contribution in [0.25, 0.3) is 10.8 Å². The largest absolute Gasteiger partial charge is 0.383 e. The summed E-state index contributed by atoms with van der Waals surface area (Å²) >= 11 is 0. The van der Waals surface area contributed by atoms with Gasteiger partial charge in [-0.2, -0.15) is 0 Å². The minimum Gasteiger partial charge on any atom is -0.383 e. The van der Waals surface area contributed by atoms with Crippen LogP contribution < -0.4 is 10.0 Å². The molecule has 3 aromatic rings. The molecular formula is C20H20N2O4S. The molecule has 6 nitrogen and oxygen atoms in total. The van der Waals surface area contributed by atoms with Gasteiger partial charge in [-0.1, -0.05) is 42.5 Å². The van der Waals surface area contributed by atoms with Crippen LogP contribution in [0.2, 0.25) is 0 Å². The maximum atomic E-state index is 12.8. The SMILES string of the molecule is COCCNC(=O)c1ccccc1NS(=O)(=O)c1ccc2ccccc2c1. The van der Waals surface area contributed by atoms with Crippen LogP contribution in [0.4, 0.5) is 5.69 Å². The van der Waals surface area contributed by atoms with Crippen molar-refractivity contribution >= 4 is 32.4 Å². The highest BCUT2D eigenvalue weighted by Crippen LogP contribution is 2.23. The van der Waals surface area contributed by atoms with Crippen molar-refractivity contribution in [3.05, 3.63) is 72.3 Å². The minimum atomic E-state index is -3.84. The normalized spacial score (nSPS) is 11.3. The Hall–Kier alpha value is -2.90. The lowest BCUT2D eigenvalue weighted by Crippen LogP contribution is -2.28. The second-order valence-electron chi connectivity index (χ2n) is 5.91. The van der Waals surface area contributed by atoms with Gasteiger partial charge in [-0.05, 0) is 35.0 Å². The number of methoxy groups -OCH3 is 1. The van der Waals surface area contributed by atoms with Crippen LogP contribution in [0, 0.1) is 0 Å². The van der Waals surface area contributed by atoms with Crippen molar-refractivity contribution in [2.24, 2.45) is 0 Å². The average Bonchev–Trinajstić information content (AvgIpc) is 2.68. The lowest BCUT2D eigenvalue weighted by molar-refractivity contribution is 0.0938. The molecule has 0 aliphatic rings. The van der Waals surface area contributed by atoms with Gasteiger partial charge < -0.3 is 10.1 Å². The molecule has 2 N–H and O–H groups in total. The number of hydrogen-bond acceptors (Lipinski definition) is 4. The molecule has 0 bridgehead atoms. The molecule has 0 spiro atoms. The average molecular weight is 384 g/mol. The van der Waals surface area contributed by atoms with E-state index in [2.05, 4.69) is 10.0 Å². The fraction of sp³-hybridized carbons (Fsp3) is 0.150. The van der Waals surface area contributed by atoms with Crippen molar-refractivity contribution in [3.63, 3.8) is 0 Å². The van der Waals surface area contributed by atoms with Crippen LogP contribution in [-0.2, 0) is 14.8 Å². The van der Waals surface area contributed by atoms with Gasteiger partial charge in [0.15, 0.2) is 0 Å². The molecule has 1 amide bonds. The first-order valence-corrected chi connectivity index (χ1v) is 9.87. The molecule has 0 unspecified atom stereocenters. The van der Waals surface area contributed by atoms with E-state index in [4.69, 9.17) is 4.74 Å². The van der Waals surface area contributed by atoms with E-state index in [1.807, 2.05) is 24.3 Å². The number of nitrogens with one attached hydrogen (secondary N) is 2. The van der Waals surface area contributed by atoms with E-state index in [1.54, 1.807) is 42.5 Å². The zero-order valence-electron chi connectivity index (χ0n) is 14.8. The van der Waals surface area contributed by atoms with Gasteiger partial charge in [0, 0.05) is 13.7 Å². The Balaban J connectivity index is 1.88. The van der Waals surface area contributed by atoms with E-state index in [1.165, 1.54) is 7.11 Å². The molecule has 0 aromatic heterocycles. The molecule has 0 aliphatic heterocycles. The predicted molar refractivity (Wildman–Crippen MR) is 105 cm³/mol. The second-order valence-corrected chi connectivity index (χ2v) is 7.59. The lowest BCUT2D eigenvalue weighted by Gasteiger charge is -2.13. The first kappa shape index (κ1) is 18.9. The highest BCUT2D eigenvalue weighted by Gasteiger charge is 2.18. The van der Waals surface area contributed by atoms with Crippen LogP contribution in [-0.4, -0.2) is 34.6 Å². The molecule has 0 heterocycles. The fourth-order valence-corrected chi connectivity index (χ4v) is 3.78. The Labute approximate surface area is 158 Å². The number of anilines is 1. The van der Waals surface area contributed by atoms with E-state index in [-0.39, 0.29) is 22.1 Å². The van der Waals surface area contributed by atoms with Gasteiger partial charge in [0.05, 0.1) is 22.8 Å². The summed E-state index contributed by atoms with van der Waals surface area (Å²) in [6.45, 7) is 0.706. The number of amides is 1. The van der Waals surface area contributed by atoms with Crippen molar-refractivity contribution < 1.29 is 17.9 Å². The Morgan fingerprint density at radius 1 is 0.963 bits per heavy atom. The number of para-hydroxylation sites is 1. The molecule has 0 aliphatic carbocycles.